The number of benzene rings is 1. The predicted molar refractivity (Wildman–Crippen MR) is 81.8 cm³/mol. The van der Waals surface area contributed by atoms with Crippen LogP contribution < -0.4 is 0 Å². The van der Waals surface area contributed by atoms with Gasteiger partial charge in [0.2, 0.25) is 5.91 Å². The summed E-state index contributed by atoms with van der Waals surface area (Å²) in [4.78, 5) is 24.3. The molecule has 1 amide bonds. The summed E-state index contributed by atoms with van der Waals surface area (Å²) in [5.41, 5.74) is 0.847. The molecule has 0 aliphatic carbocycles. The molecule has 1 aromatic rings. The van der Waals surface area contributed by atoms with E-state index in [2.05, 4.69) is 6.92 Å². The molecule has 5 heteroatoms. The molecule has 1 aliphatic heterocycles. The Hall–Kier alpha value is -2.17. The number of carbonyl (C=O) groups excluding carboxylic acids is 1. The van der Waals surface area contributed by atoms with Crippen LogP contribution in [0.3, 0.4) is 0 Å². The van der Waals surface area contributed by atoms with Crippen molar-refractivity contribution in [3.05, 3.63) is 46.0 Å². The lowest BCUT2D eigenvalue weighted by Gasteiger charge is -2.34. The number of rotatable bonds is 4. The third-order valence-electron chi connectivity index (χ3n) is 3.90. The van der Waals surface area contributed by atoms with Gasteiger partial charge in [0.15, 0.2) is 0 Å². The number of nitro benzene ring substituents is 1. The van der Waals surface area contributed by atoms with Gasteiger partial charge >= 0.3 is 0 Å². The van der Waals surface area contributed by atoms with Gasteiger partial charge in [-0.3, -0.25) is 14.9 Å². The summed E-state index contributed by atoms with van der Waals surface area (Å²) < 4.78 is 0. The van der Waals surface area contributed by atoms with Gasteiger partial charge in [0.1, 0.15) is 0 Å². The van der Waals surface area contributed by atoms with E-state index in [1.165, 1.54) is 18.6 Å². The molecule has 0 aromatic heterocycles. The summed E-state index contributed by atoms with van der Waals surface area (Å²) in [6.45, 7) is 2.93. The second kappa shape index (κ2) is 7.02. The molecule has 0 bridgehead atoms. The van der Waals surface area contributed by atoms with Crippen molar-refractivity contribution < 1.29 is 9.72 Å². The molecule has 1 aromatic carbocycles. The molecular formula is C16H20N2O3. The van der Waals surface area contributed by atoms with Gasteiger partial charge < -0.3 is 4.90 Å². The van der Waals surface area contributed by atoms with Crippen molar-refractivity contribution in [1.29, 1.82) is 0 Å². The van der Waals surface area contributed by atoms with Crippen LogP contribution in [0.4, 0.5) is 5.69 Å². The van der Waals surface area contributed by atoms with Crippen molar-refractivity contribution in [2.75, 3.05) is 6.54 Å². The molecule has 0 saturated carbocycles. The summed E-state index contributed by atoms with van der Waals surface area (Å²) in [6, 6.07) is 6.53. The molecule has 21 heavy (non-hydrogen) atoms. The van der Waals surface area contributed by atoms with E-state index in [1.807, 2.05) is 4.90 Å². The minimum atomic E-state index is -0.432. The van der Waals surface area contributed by atoms with Gasteiger partial charge in [0.25, 0.3) is 5.69 Å². The van der Waals surface area contributed by atoms with Gasteiger partial charge in [-0.15, -0.1) is 0 Å². The maximum absolute atomic E-state index is 12.2. The first-order chi connectivity index (χ1) is 10.1. The lowest BCUT2D eigenvalue weighted by atomic mass is 10.00. The van der Waals surface area contributed by atoms with Crippen molar-refractivity contribution in [3.63, 3.8) is 0 Å². The summed E-state index contributed by atoms with van der Waals surface area (Å²) in [5.74, 6) is 0.0277. The number of amides is 1. The molecule has 1 fully saturated rings. The number of hydrogen-bond donors (Lipinski definition) is 0. The van der Waals surface area contributed by atoms with E-state index in [1.54, 1.807) is 24.3 Å². The van der Waals surface area contributed by atoms with E-state index in [4.69, 9.17) is 0 Å². The second-order valence-corrected chi connectivity index (χ2v) is 5.27. The summed E-state index contributed by atoms with van der Waals surface area (Å²) in [7, 11) is 0. The molecule has 1 aliphatic rings. The monoisotopic (exact) mass is 288 g/mol. The predicted octanol–water partition coefficient (Wildman–Crippen LogP) is 3.40. The SMILES string of the molecule is CCC1CCCCN1C(=O)C=Cc1ccc([N+](=O)[O-])cc1. The van der Waals surface area contributed by atoms with Gasteiger partial charge in [0, 0.05) is 30.8 Å². The largest absolute Gasteiger partial charge is 0.336 e. The molecule has 112 valence electrons. The summed E-state index contributed by atoms with van der Waals surface area (Å²) in [5, 5.41) is 10.6. The number of carbonyl (C=O) groups is 1. The minimum Gasteiger partial charge on any atom is -0.336 e. The fourth-order valence-corrected chi connectivity index (χ4v) is 2.69. The van der Waals surface area contributed by atoms with Crippen LogP contribution in [0.25, 0.3) is 6.08 Å². The highest BCUT2D eigenvalue weighted by Crippen LogP contribution is 2.20. The Morgan fingerprint density at radius 3 is 2.71 bits per heavy atom. The highest BCUT2D eigenvalue weighted by atomic mass is 16.6. The number of non-ortho nitro benzene ring substituents is 1. The van der Waals surface area contributed by atoms with E-state index < -0.39 is 4.92 Å². The van der Waals surface area contributed by atoms with Crippen LogP contribution in [0.2, 0.25) is 0 Å². The van der Waals surface area contributed by atoms with E-state index >= 15 is 0 Å². The Labute approximate surface area is 124 Å². The molecule has 0 radical (unpaired) electrons. The molecule has 2 rings (SSSR count). The van der Waals surface area contributed by atoms with Crippen molar-refractivity contribution in [3.8, 4) is 0 Å². The average Bonchev–Trinajstić information content (AvgIpc) is 2.52. The van der Waals surface area contributed by atoms with Crippen LogP contribution in [0, 0.1) is 10.1 Å². The van der Waals surface area contributed by atoms with Gasteiger partial charge in [-0.2, -0.15) is 0 Å². The zero-order valence-electron chi connectivity index (χ0n) is 12.2. The first kappa shape index (κ1) is 15.2. The topological polar surface area (TPSA) is 63.5 Å². The maximum atomic E-state index is 12.2. The molecular weight excluding hydrogens is 268 g/mol. The minimum absolute atomic E-state index is 0.0277. The zero-order chi connectivity index (χ0) is 15.2. The normalized spacial score (nSPS) is 18.9. The van der Waals surface area contributed by atoms with Crippen LogP contribution in [0.5, 0.6) is 0 Å². The Balaban J connectivity index is 2.02. The third kappa shape index (κ3) is 3.90. The van der Waals surface area contributed by atoms with E-state index in [0.29, 0.717) is 6.04 Å². The van der Waals surface area contributed by atoms with Crippen LogP contribution in [-0.2, 0) is 4.79 Å². The van der Waals surface area contributed by atoms with Crippen LogP contribution >= 0.6 is 0 Å². The first-order valence-corrected chi connectivity index (χ1v) is 7.35. The fourth-order valence-electron chi connectivity index (χ4n) is 2.69. The standard InChI is InChI=1S/C16H20N2O3/c1-2-14-5-3-4-12-17(14)16(19)11-8-13-6-9-15(10-7-13)18(20)21/h6-11,14H,2-5,12H2,1H3. The van der Waals surface area contributed by atoms with Gasteiger partial charge in [-0.05, 0) is 49.5 Å². The van der Waals surface area contributed by atoms with E-state index in [9.17, 15) is 14.9 Å². The van der Waals surface area contributed by atoms with Crippen LogP contribution in [-0.4, -0.2) is 28.3 Å². The lowest BCUT2D eigenvalue weighted by molar-refractivity contribution is -0.384. The van der Waals surface area contributed by atoms with Crippen molar-refractivity contribution in [2.24, 2.45) is 0 Å². The Bertz CT molecular complexity index is 537. The number of piperidine rings is 1. The summed E-state index contributed by atoms with van der Waals surface area (Å²) >= 11 is 0. The van der Waals surface area contributed by atoms with Crippen LogP contribution in [0.15, 0.2) is 30.3 Å². The summed E-state index contributed by atoms with van der Waals surface area (Å²) in [6.07, 6.45) is 7.59. The second-order valence-electron chi connectivity index (χ2n) is 5.27. The molecule has 1 unspecified atom stereocenters. The number of nitro groups is 1. The van der Waals surface area contributed by atoms with Crippen LogP contribution in [0.1, 0.15) is 38.2 Å². The molecule has 1 heterocycles. The molecule has 5 nitrogen and oxygen atoms in total. The molecule has 1 saturated heterocycles. The quantitative estimate of drug-likeness (QED) is 0.484. The molecule has 1 atom stereocenters. The first-order valence-electron chi connectivity index (χ1n) is 7.35. The van der Waals surface area contributed by atoms with E-state index in [-0.39, 0.29) is 11.6 Å². The molecule has 0 N–H and O–H groups in total. The highest BCUT2D eigenvalue weighted by molar-refractivity contribution is 5.92. The van der Waals surface area contributed by atoms with Gasteiger partial charge in [0.05, 0.1) is 4.92 Å². The van der Waals surface area contributed by atoms with E-state index in [0.717, 1.165) is 31.4 Å². The van der Waals surface area contributed by atoms with Crippen molar-refractivity contribution >= 4 is 17.7 Å². The Morgan fingerprint density at radius 2 is 2.10 bits per heavy atom. The van der Waals surface area contributed by atoms with Crippen molar-refractivity contribution in [2.45, 2.75) is 38.6 Å². The highest BCUT2D eigenvalue weighted by Gasteiger charge is 2.23. The third-order valence-corrected chi connectivity index (χ3v) is 3.90. The average molecular weight is 288 g/mol. The maximum Gasteiger partial charge on any atom is 0.269 e. The fraction of sp³-hybridized carbons (Fsp3) is 0.438. The van der Waals surface area contributed by atoms with Gasteiger partial charge in [-0.25, -0.2) is 0 Å². The smallest absolute Gasteiger partial charge is 0.269 e. The number of nitrogens with zero attached hydrogens (tertiary/aromatic N) is 2. The van der Waals surface area contributed by atoms with Crippen molar-refractivity contribution in [1.82, 2.24) is 4.90 Å². The number of likely N-dealkylation sites (tertiary alicyclic amines) is 1. The zero-order valence-corrected chi connectivity index (χ0v) is 12.2. The van der Waals surface area contributed by atoms with Gasteiger partial charge in [-0.1, -0.05) is 6.92 Å². The Morgan fingerprint density at radius 1 is 1.38 bits per heavy atom. The Kier molecular flexibility index (Phi) is 5.09. The lowest BCUT2D eigenvalue weighted by Crippen LogP contribution is -2.42. The number of hydrogen-bond acceptors (Lipinski definition) is 3. The molecule has 0 spiro atoms.